The largest absolute Gasteiger partial charge is 0.379 e. The minimum Gasteiger partial charge on any atom is -0.379 e. The average Bonchev–Trinajstić information content (AvgIpc) is 2.48. The van der Waals surface area contributed by atoms with Crippen molar-refractivity contribution in [3.05, 3.63) is 0 Å². The summed E-state index contributed by atoms with van der Waals surface area (Å²) < 4.78 is 11.1. The van der Waals surface area contributed by atoms with Crippen LogP contribution in [0.5, 0.6) is 0 Å². The molecule has 0 aromatic rings. The van der Waals surface area contributed by atoms with Crippen LogP contribution < -0.4 is 11.1 Å². The van der Waals surface area contributed by atoms with E-state index in [1.807, 2.05) is 13.8 Å². The number of morpholine rings is 1. The fourth-order valence-corrected chi connectivity index (χ4v) is 2.06. The monoisotopic (exact) mass is 287 g/mol. The maximum Gasteiger partial charge on any atom is 0.222 e. The van der Waals surface area contributed by atoms with Gasteiger partial charge in [-0.15, -0.1) is 0 Å². The Kier molecular flexibility index (Phi) is 8.77. The van der Waals surface area contributed by atoms with Crippen LogP contribution in [0.3, 0.4) is 0 Å². The van der Waals surface area contributed by atoms with Crippen molar-refractivity contribution in [2.45, 2.75) is 26.4 Å². The molecule has 1 amide bonds. The highest BCUT2D eigenvalue weighted by molar-refractivity contribution is 5.78. The molecule has 1 heterocycles. The van der Waals surface area contributed by atoms with Crippen molar-refractivity contribution in [3.8, 4) is 0 Å². The third kappa shape index (κ3) is 6.65. The highest BCUT2D eigenvalue weighted by Crippen LogP contribution is 2.05. The van der Waals surface area contributed by atoms with Crippen LogP contribution in [-0.2, 0) is 14.3 Å². The Balaban J connectivity index is 2.18. The Morgan fingerprint density at radius 1 is 1.55 bits per heavy atom. The van der Waals surface area contributed by atoms with Gasteiger partial charge in [-0.2, -0.15) is 0 Å². The minimum absolute atomic E-state index is 0.0688. The number of carbonyl (C=O) groups is 1. The third-order valence-electron chi connectivity index (χ3n) is 3.60. The van der Waals surface area contributed by atoms with E-state index in [1.54, 1.807) is 0 Å². The van der Waals surface area contributed by atoms with E-state index in [-0.39, 0.29) is 17.9 Å². The van der Waals surface area contributed by atoms with E-state index in [0.717, 1.165) is 26.1 Å². The molecule has 0 saturated carbocycles. The second-order valence-electron chi connectivity index (χ2n) is 5.25. The smallest absolute Gasteiger partial charge is 0.222 e. The van der Waals surface area contributed by atoms with Crippen molar-refractivity contribution in [1.29, 1.82) is 0 Å². The van der Waals surface area contributed by atoms with Crippen molar-refractivity contribution in [3.63, 3.8) is 0 Å². The van der Waals surface area contributed by atoms with Crippen LogP contribution in [0.25, 0.3) is 0 Å². The molecule has 0 aromatic carbocycles. The fourth-order valence-electron chi connectivity index (χ4n) is 2.06. The van der Waals surface area contributed by atoms with Gasteiger partial charge in [-0.25, -0.2) is 0 Å². The SMILES string of the molecule is CCC(C)C(=O)NCC1CN(CCOCCN)CCO1. The molecule has 1 aliphatic rings. The highest BCUT2D eigenvalue weighted by atomic mass is 16.5. The van der Waals surface area contributed by atoms with Crippen molar-refractivity contribution in [2.24, 2.45) is 11.7 Å². The number of hydrogen-bond donors (Lipinski definition) is 2. The van der Waals surface area contributed by atoms with E-state index < -0.39 is 0 Å². The summed E-state index contributed by atoms with van der Waals surface area (Å²) in [5.74, 6) is 0.179. The van der Waals surface area contributed by atoms with Crippen LogP contribution in [0.1, 0.15) is 20.3 Å². The summed E-state index contributed by atoms with van der Waals surface area (Å²) in [5.41, 5.74) is 5.37. The molecular weight excluding hydrogens is 258 g/mol. The molecule has 118 valence electrons. The van der Waals surface area contributed by atoms with Gasteiger partial charge in [-0.05, 0) is 6.42 Å². The zero-order valence-electron chi connectivity index (χ0n) is 12.8. The summed E-state index contributed by atoms with van der Waals surface area (Å²) in [7, 11) is 0. The lowest BCUT2D eigenvalue weighted by molar-refractivity contribution is -0.125. The molecule has 6 heteroatoms. The lowest BCUT2D eigenvalue weighted by Gasteiger charge is -2.33. The Bertz CT molecular complexity index is 276. The maximum atomic E-state index is 11.7. The van der Waals surface area contributed by atoms with Gasteiger partial charge in [0.1, 0.15) is 0 Å². The van der Waals surface area contributed by atoms with Gasteiger partial charge in [0.15, 0.2) is 0 Å². The van der Waals surface area contributed by atoms with Gasteiger partial charge in [-0.1, -0.05) is 13.8 Å². The lowest BCUT2D eigenvalue weighted by Crippen LogP contribution is -2.48. The number of hydrogen-bond acceptors (Lipinski definition) is 5. The molecule has 0 aliphatic carbocycles. The fraction of sp³-hybridized carbons (Fsp3) is 0.929. The molecule has 20 heavy (non-hydrogen) atoms. The van der Waals surface area contributed by atoms with E-state index in [0.29, 0.717) is 32.9 Å². The van der Waals surface area contributed by atoms with Gasteiger partial charge in [0.05, 0.1) is 25.9 Å². The maximum absolute atomic E-state index is 11.7. The Labute approximate surface area is 122 Å². The first kappa shape index (κ1) is 17.4. The predicted octanol–water partition coefficient (Wildman–Crippen LogP) is -0.175. The van der Waals surface area contributed by atoms with Crippen molar-refractivity contribution >= 4 is 5.91 Å². The first-order valence-corrected chi connectivity index (χ1v) is 7.56. The summed E-state index contributed by atoms with van der Waals surface area (Å²) in [6.07, 6.45) is 0.938. The number of nitrogens with zero attached hydrogens (tertiary/aromatic N) is 1. The number of carbonyl (C=O) groups excluding carboxylic acids is 1. The Hall–Kier alpha value is -0.690. The molecule has 6 nitrogen and oxygen atoms in total. The van der Waals surface area contributed by atoms with Crippen molar-refractivity contribution in [1.82, 2.24) is 10.2 Å². The first-order valence-electron chi connectivity index (χ1n) is 7.56. The second kappa shape index (κ2) is 10.1. The van der Waals surface area contributed by atoms with Crippen LogP contribution in [0, 0.1) is 5.92 Å². The van der Waals surface area contributed by atoms with Crippen LogP contribution in [-0.4, -0.2) is 69.5 Å². The standard InChI is InChI=1S/C14H29N3O3/c1-3-12(2)14(18)16-10-13-11-17(6-9-20-13)5-8-19-7-4-15/h12-13H,3-11,15H2,1-2H3,(H,16,18). The molecule has 3 N–H and O–H groups in total. The molecule has 1 rings (SSSR count). The van der Waals surface area contributed by atoms with Crippen LogP contribution in [0.15, 0.2) is 0 Å². The summed E-state index contributed by atoms with van der Waals surface area (Å²) in [6, 6.07) is 0. The van der Waals surface area contributed by atoms with Gasteiger partial charge in [-0.3, -0.25) is 9.69 Å². The van der Waals surface area contributed by atoms with Crippen LogP contribution in [0.2, 0.25) is 0 Å². The predicted molar refractivity (Wildman–Crippen MR) is 78.5 cm³/mol. The third-order valence-corrected chi connectivity index (χ3v) is 3.60. The van der Waals surface area contributed by atoms with E-state index in [9.17, 15) is 4.79 Å². The van der Waals surface area contributed by atoms with E-state index in [2.05, 4.69) is 10.2 Å². The van der Waals surface area contributed by atoms with Gasteiger partial charge in [0.2, 0.25) is 5.91 Å². The molecular formula is C14H29N3O3. The van der Waals surface area contributed by atoms with Crippen LogP contribution in [0.4, 0.5) is 0 Å². The van der Waals surface area contributed by atoms with E-state index in [4.69, 9.17) is 15.2 Å². The second-order valence-corrected chi connectivity index (χ2v) is 5.25. The van der Waals surface area contributed by atoms with E-state index >= 15 is 0 Å². The average molecular weight is 287 g/mol. The molecule has 1 aliphatic heterocycles. The molecule has 2 atom stereocenters. The Morgan fingerprint density at radius 2 is 2.35 bits per heavy atom. The number of amides is 1. The van der Waals surface area contributed by atoms with Gasteiger partial charge in [0.25, 0.3) is 0 Å². The number of nitrogens with two attached hydrogens (primary N) is 1. The molecule has 2 unspecified atom stereocenters. The normalized spacial score (nSPS) is 21.6. The topological polar surface area (TPSA) is 76.8 Å². The molecule has 0 aromatic heterocycles. The highest BCUT2D eigenvalue weighted by Gasteiger charge is 2.21. The lowest BCUT2D eigenvalue weighted by atomic mass is 10.1. The van der Waals surface area contributed by atoms with Crippen molar-refractivity contribution in [2.75, 3.05) is 52.5 Å². The molecule has 0 radical (unpaired) electrons. The van der Waals surface area contributed by atoms with Crippen LogP contribution >= 0.6 is 0 Å². The summed E-state index contributed by atoms with van der Waals surface area (Å²) >= 11 is 0. The summed E-state index contributed by atoms with van der Waals surface area (Å²) in [5, 5.41) is 2.96. The molecule has 0 spiro atoms. The zero-order chi connectivity index (χ0) is 14.8. The minimum atomic E-state index is 0.0688. The van der Waals surface area contributed by atoms with Crippen molar-refractivity contribution < 1.29 is 14.3 Å². The number of ether oxygens (including phenoxy) is 2. The van der Waals surface area contributed by atoms with Gasteiger partial charge < -0.3 is 20.5 Å². The first-order chi connectivity index (χ1) is 9.67. The van der Waals surface area contributed by atoms with Gasteiger partial charge in [0, 0.05) is 38.6 Å². The summed E-state index contributed by atoms with van der Waals surface area (Å²) in [4.78, 5) is 14.0. The quantitative estimate of drug-likeness (QED) is 0.576. The molecule has 1 saturated heterocycles. The molecule has 1 fully saturated rings. The van der Waals surface area contributed by atoms with Gasteiger partial charge >= 0.3 is 0 Å². The molecule has 0 bridgehead atoms. The Morgan fingerprint density at radius 3 is 3.05 bits per heavy atom. The summed E-state index contributed by atoms with van der Waals surface area (Å²) in [6.45, 7) is 9.77. The number of rotatable bonds is 9. The zero-order valence-corrected chi connectivity index (χ0v) is 12.8. The van der Waals surface area contributed by atoms with E-state index in [1.165, 1.54) is 0 Å². The number of nitrogens with one attached hydrogen (secondary N) is 1.